The van der Waals surface area contributed by atoms with Gasteiger partial charge in [-0.1, -0.05) is 6.42 Å². The van der Waals surface area contributed by atoms with E-state index in [2.05, 4.69) is 9.88 Å². The highest BCUT2D eigenvalue weighted by atomic mass is 15.1. The number of hydrogen-bond acceptors (Lipinski definition) is 3. The van der Waals surface area contributed by atoms with Crippen molar-refractivity contribution >= 4 is 11.5 Å². The first-order chi connectivity index (χ1) is 7.68. The van der Waals surface area contributed by atoms with Crippen LogP contribution in [0.25, 0.3) is 0 Å². The van der Waals surface area contributed by atoms with Gasteiger partial charge in [0, 0.05) is 19.8 Å². The zero-order valence-electron chi connectivity index (χ0n) is 9.61. The molecule has 4 heteroatoms. The van der Waals surface area contributed by atoms with Crippen LogP contribution in [-0.4, -0.2) is 24.4 Å². The Balaban J connectivity index is 2.14. The van der Waals surface area contributed by atoms with E-state index in [-0.39, 0.29) is 5.84 Å². The van der Waals surface area contributed by atoms with E-state index in [1.165, 1.54) is 19.3 Å². The Bertz CT molecular complexity index is 384. The molecule has 1 heterocycles. The molecule has 1 aliphatic carbocycles. The van der Waals surface area contributed by atoms with Crippen LogP contribution in [0.1, 0.15) is 25.0 Å². The average molecular weight is 218 g/mol. The van der Waals surface area contributed by atoms with Crippen LogP contribution in [0.5, 0.6) is 0 Å². The van der Waals surface area contributed by atoms with Gasteiger partial charge in [0.15, 0.2) is 0 Å². The second kappa shape index (κ2) is 4.51. The topological polar surface area (TPSA) is 66.0 Å². The van der Waals surface area contributed by atoms with Gasteiger partial charge in [0.05, 0.1) is 5.69 Å². The van der Waals surface area contributed by atoms with Gasteiger partial charge in [-0.25, -0.2) is 0 Å². The Labute approximate surface area is 96.0 Å². The van der Waals surface area contributed by atoms with Crippen molar-refractivity contribution in [3.05, 3.63) is 24.0 Å². The van der Waals surface area contributed by atoms with Gasteiger partial charge < -0.3 is 10.6 Å². The van der Waals surface area contributed by atoms with Crippen LogP contribution < -0.4 is 10.6 Å². The molecule has 0 unspecified atom stereocenters. The molecule has 1 saturated carbocycles. The van der Waals surface area contributed by atoms with E-state index in [1.807, 2.05) is 19.2 Å². The van der Waals surface area contributed by atoms with Gasteiger partial charge in [0.1, 0.15) is 11.5 Å². The highest BCUT2D eigenvalue weighted by Crippen LogP contribution is 2.28. The predicted molar refractivity (Wildman–Crippen MR) is 65.9 cm³/mol. The van der Waals surface area contributed by atoms with Crippen molar-refractivity contribution in [3.63, 3.8) is 0 Å². The second-order valence-corrected chi connectivity index (χ2v) is 4.46. The summed E-state index contributed by atoms with van der Waals surface area (Å²) in [5, 5.41) is 7.50. The van der Waals surface area contributed by atoms with Crippen LogP contribution in [0, 0.1) is 11.3 Å². The number of anilines is 1. The van der Waals surface area contributed by atoms with Crippen LogP contribution in [-0.2, 0) is 0 Å². The van der Waals surface area contributed by atoms with Gasteiger partial charge in [0.2, 0.25) is 0 Å². The molecule has 0 bridgehead atoms. The third kappa shape index (κ3) is 2.15. The van der Waals surface area contributed by atoms with Crippen molar-refractivity contribution in [3.8, 4) is 0 Å². The SMILES string of the molecule is CN(CC1CCC1)c1cccnc1C(=N)N. The summed E-state index contributed by atoms with van der Waals surface area (Å²) in [5.41, 5.74) is 7.07. The summed E-state index contributed by atoms with van der Waals surface area (Å²) in [6.45, 7) is 1.03. The number of rotatable bonds is 4. The summed E-state index contributed by atoms with van der Waals surface area (Å²) in [7, 11) is 2.04. The lowest BCUT2D eigenvalue weighted by molar-refractivity contribution is 0.321. The molecule has 1 aromatic rings. The Hall–Kier alpha value is -1.58. The first-order valence-corrected chi connectivity index (χ1v) is 5.69. The van der Waals surface area contributed by atoms with Crippen LogP contribution in [0.2, 0.25) is 0 Å². The molecule has 3 N–H and O–H groups in total. The Morgan fingerprint density at radius 1 is 1.62 bits per heavy atom. The fourth-order valence-electron chi connectivity index (χ4n) is 2.07. The highest BCUT2D eigenvalue weighted by molar-refractivity contribution is 5.98. The minimum Gasteiger partial charge on any atom is -0.382 e. The van der Waals surface area contributed by atoms with E-state index in [1.54, 1.807) is 6.20 Å². The molecule has 0 saturated heterocycles. The number of nitrogen functional groups attached to an aromatic ring is 1. The van der Waals surface area contributed by atoms with Crippen LogP contribution in [0.15, 0.2) is 18.3 Å². The van der Waals surface area contributed by atoms with Crippen molar-refractivity contribution in [2.45, 2.75) is 19.3 Å². The maximum absolute atomic E-state index is 7.50. The molecule has 0 aliphatic heterocycles. The molecule has 0 amide bonds. The lowest BCUT2D eigenvalue weighted by Gasteiger charge is -2.31. The highest BCUT2D eigenvalue weighted by Gasteiger charge is 2.20. The molecule has 0 radical (unpaired) electrons. The maximum Gasteiger partial charge on any atom is 0.143 e. The fraction of sp³-hybridized carbons (Fsp3) is 0.500. The number of amidine groups is 1. The molecule has 0 spiro atoms. The third-order valence-corrected chi connectivity index (χ3v) is 3.21. The van der Waals surface area contributed by atoms with Gasteiger partial charge >= 0.3 is 0 Å². The van der Waals surface area contributed by atoms with Gasteiger partial charge in [0.25, 0.3) is 0 Å². The lowest BCUT2D eigenvalue weighted by atomic mass is 9.85. The zero-order valence-corrected chi connectivity index (χ0v) is 9.61. The van der Waals surface area contributed by atoms with Crippen molar-refractivity contribution in [2.24, 2.45) is 11.7 Å². The van der Waals surface area contributed by atoms with E-state index in [0.29, 0.717) is 5.69 Å². The first kappa shape index (κ1) is 10.9. The van der Waals surface area contributed by atoms with E-state index < -0.39 is 0 Å². The number of nitrogens with zero attached hydrogens (tertiary/aromatic N) is 2. The van der Waals surface area contributed by atoms with Crippen molar-refractivity contribution in [2.75, 3.05) is 18.5 Å². The normalized spacial score (nSPS) is 15.6. The molecule has 1 fully saturated rings. The molecule has 16 heavy (non-hydrogen) atoms. The Morgan fingerprint density at radius 2 is 2.38 bits per heavy atom. The quantitative estimate of drug-likeness (QED) is 0.596. The maximum atomic E-state index is 7.50. The van der Waals surface area contributed by atoms with Crippen LogP contribution in [0.3, 0.4) is 0 Å². The molecule has 0 aromatic carbocycles. The summed E-state index contributed by atoms with van der Waals surface area (Å²) in [6, 6.07) is 3.86. The van der Waals surface area contributed by atoms with E-state index in [4.69, 9.17) is 11.1 Å². The molecule has 4 nitrogen and oxygen atoms in total. The van der Waals surface area contributed by atoms with Gasteiger partial charge in [-0.05, 0) is 30.9 Å². The number of nitrogens with one attached hydrogen (secondary N) is 1. The third-order valence-electron chi connectivity index (χ3n) is 3.21. The zero-order chi connectivity index (χ0) is 11.5. The average Bonchev–Trinajstić information content (AvgIpc) is 2.23. The monoisotopic (exact) mass is 218 g/mol. The predicted octanol–water partition coefficient (Wildman–Crippen LogP) is 1.60. The lowest BCUT2D eigenvalue weighted by Crippen LogP contribution is -2.31. The molecule has 0 atom stereocenters. The fourth-order valence-corrected chi connectivity index (χ4v) is 2.07. The number of pyridine rings is 1. The summed E-state index contributed by atoms with van der Waals surface area (Å²) in [5.74, 6) is 0.834. The Morgan fingerprint density at radius 3 is 2.94 bits per heavy atom. The van der Waals surface area contributed by atoms with Crippen molar-refractivity contribution < 1.29 is 0 Å². The largest absolute Gasteiger partial charge is 0.382 e. The first-order valence-electron chi connectivity index (χ1n) is 5.69. The number of hydrogen-bond donors (Lipinski definition) is 2. The summed E-state index contributed by atoms with van der Waals surface area (Å²) in [6.07, 6.45) is 5.67. The summed E-state index contributed by atoms with van der Waals surface area (Å²) < 4.78 is 0. The van der Waals surface area contributed by atoms with E-state index in [0.717, 1.165) is 18.2 Å². The molecule has 1 aliphatic rings. The smallest absolute Gasteiger partial charge is 0.143 e. The number of aromatic nitrogens is 1. The molecule has 2 rings (SSSR count). The van der Waals surface area contributed by atoms with Crippen LogP contribution in [0.4, 0.5) is 5.69 Å². The van der Waals surface area contributed by atoms with E-state index >= 15 is 0 Å². The van der Waals surface area contributed by atoms with E-state index in [9.17, 15) is 0 Å². The molecule has 1 aromatic heterocycles. The van der Waals surface area contributed by atoms with Crippen molar-refractivity contribution in [1.29, 1.82) is 5.41 Å². The standard InChI is InChI=1S/C12H18N4/c1-16(8-9-4-2-5-9)10-6-3-7-15-11(10)12(13)14/h3,6-7,9H,2,4-5,8H2,1H3,(H3,13,14). The Kier molecular flexibility index (Phi) is 3.08. The molecular weight excluding hydrogens is 200 g/mol. The number of nitrogens with two attached hydrogens (primary N) is 1. The minimum atomic E-state index is 0.0380. The van der Waals surface area contributed by atoms with Gasteiger partial charge in [-0.2, -0.15) is 0 Å². The van der Waals surface area contributed by atoms with Gasteiger partial charge in [-0.3, -0.25) is 10.4 Å². The van der Waals surface area contributed by atoms with Crippen LogP contribution >= 0.6 is 0 Å². The summed E-state index contributed by atoms with van der Waals surface area (Å²) in [4.78, 5) is 6.32. The summed E-state index contributed by atoms with van der Waals surface area (Å²) >= 11 is 0. The minimum absolute atomic E-state index is 0.0380. The second-order valence-electron chi connectivity index (χ2n) is 4.46. The van der Waals surface area contributed by atoms with Gasteiger partial charge in [-0.15, -0.1) is 0 Å². The molecular formula is C12H18N4. The molecule has 86 valence electrons. The van der Waals surface area contributed by atoms with Crippen molar-refractivity contribution in [1.82, 2.24) is 4.98 Å².